The second kappa shape index (κ2) is 4.13. The molecule has 1 saturated carbocycles. The van der Waals surface area contributed by atoms with Gasteiger partial charge in [-0.2, -0.15) is 0 Å². The topological polar surface area (TPSA) is 0 Å². The van der Waals surface area contributed by atoms with Gasteiger partial charge in [-0.15, -0.1) is 0 Å². The van der Waals surface area contributed by atoms with Crippen molar-refractivity contribution in [3.05, 3.63) is 0 Å². The van der Waals surface area contributed by atoms with Crippen molar-refractivity contribution in [2.75, 3.05) is 0 Å². The largest absolute Gasteiger partial charge is 0.0628 e. The van der Waals surface area contributed by atoms with Crippen LogP contribution in [0, 0.1) is 17.8 Å². The van der Waals surface area contributed by atoms with Gasteiger partial charge in [-0.3, -0.25) is 0 Å². The summed E-state index contributed by atoms with van der Waals surface area (Å²) >= 11 is 0. The lowest BCUT2D eigenvalue weighted by molar-refractivity contribution is 0.421. The lowest BCUT2D eigenvalue weighted by Crippen LogP contribution is -1.97. The first-order valence-corrected chi connectivity index (χ1v) is 5.18. The highest BCUT2D eigenvalue weighted by molar-refractivity contribution is 4.72. The van der Waals surface area contributed by atoms with Crippen molar-refractivity contribution in [3.8, 4) is 0 Å². The standard InChI is InChI=1S/C11H22/c1-9(2)4-6-11-7-5-10(3)8-11/h9-11H,4-8H2,1-3H3. The summed E-state index contributed by atoms with van der Waals surface area (Å²) in [4.78, 5) is 0. The fourth-order valence-corrected chi connectivity index (χ4v) is 2.16. The zero-order valence-corrected chi connectivity index (χ0v) is 8.27. The fourth-order valence-electron chi connectivity index (χ4n) is 2.16. The van der Waals surface area contributed by atoms with E-state index in [1.54, 1.807) is 0 Å². The van der Waals surface area contributed by atoms with E-state index >= 15 is 0 Å². The van der Waals surface area contributed by atoms with Crippen LogP contribution in [0.4, 0.5) is 0 Å². The van der Waals surface area contributed by atoms with Crippen LogP contribution in [-0.2, 0) is 0 Å². The molecule has 2 unspecified atom stereocenters. The summed E-state index contributed by atoms with van der Waals surface area (Å²) in [6.07, 6.45) is 7.43. The summed E-state index contributed by atoms with van der Waals surface area (Å²) in [6, 6.07) is 0. The van der Waals surface area contributed by atoms with Crippen molar-refractivity contribution in [1.29, 1.82) is 0 Å². The van der Waals surface area contributed by atoms with Gasteiger partial charge in [0, 0.05) is 0 Å². The second-order valence-electron chi connectivity index (χ2n) is 4.76. The van der Waals surface area contributed by atoms with E-state index in [2.05, 4.69) is 20.8 Å². The quantitative estimate of drug-likeness (QED) is 0.579. The molecule has 0 aromatic carbocycles. The molecule has 1 aliphatic rings. The Bertz CT molecular complexity index is 105. The molecule has 66 valence electrons. The summed E-state index contributed by atoms with van der Waals surface area (Å²) in [6.45, 7) is 7.06. The molecule has 1 fully saturated rings. The van der Waals surface area contributed by atoms with Crippen LogP contribution in [0.2, 0.25) is 0 Å². The maximum Gasteiger partial charge on any atom is -0.0412 e. The normalized spacial score (nSPS) is 31.6. The van der Waals surface area contributed by atoms with Crippen molar-refractivity contribution in [1.82, 2.24) is 0 Å². The molecule has 1 rings (SSSR count). The lowest BCUT2D eigenvalue weighted by Gasteiger charge is -2.10. The predicted molar refractivity (Wildman–Crippen MR) is 50.6 cm³/mol. The van der Waals surface area contributed by atoms with Crippen LogP contribution < -0.4 is 0 Å². The molecule has 0 heteroatoms. The van der Waals surface area contributed by atoms with Crippen LogP contribution >= 0.6 is 0 Å². The van der Waals surface area contributed by atoms with Gasteiger partial charge in [-0.1, -0.05) is 46.5 Å². The fraction of sp³-hybridized carbons (Fsp3) is 1.00. The van der Waals surface area contributed by atoms with Gasteiger partial charge in [0.2, 0.25) is 0 Å². The van der Waals surface area contributed by atoms with Crippen molar-refractivity contribution in [2.24, 2.45) is 17.8 Å². The number of hydrogen-bond acceptors (Lipinski definition) is 0. The highest BCUT2D eigenvalue weighted by Crippen LogP contribution is 2.33. The van der Waals surface area contributed by atoms with Crippen molar-refractivity contribution in [2.45, 2.75) is 52.9 Å². The molecule has 0 saturated heterocycles. The monoisotopic (exact) mass is 154 g/mol. The summed E-state index contributed by atoms with van der Waals surface area (Å²) in [5.41, 5.74) is 0. The third-order valence-corrected chi connectivity index (χ3v) is 2.96. The van der Waals surface area contributed by atoms with Gasteiger partial charge < -0.3 is 0 Å². The first-order valence-electron chi connectivity index (χ1n) is 5.18. The van der Waals surface area contributed by atoms with Gasteiger partial charge in [0.1, 0.15) is 0 Å². The molecule has 0 nitrogen and oxygen atoms in total. The summed E-state index contributed by atoms with van der Waals surface area (Å²) in [5, 5.41) is 0. The van der Waals surface area contributed by atoms with E-state index in [0.29, 0.717) is 0 Å². The summed E-state index contributed by atoms with van der Waals surface area (Å²) in [5.74, 6) is 3.01. The van der Waals surface area contributed by atoms with E-state index in [0.717, 1.165) is 17.8 Å². The Balaban J connectivity index is 2.08. The highest BCUT2D eigenvalue weighted by Gasteiger charge is 2.20. The van der Waals surface area contributed by atoms with E-state index < -0.39 is 0 Å². The van der Waals surface area contributed by atoms with Crippen LogP contribution in [0.15, 0.2) is 0 Å². The summed E-state index contributed by atoms with van der Waals surface area (Å²) < 4.78 is 0. The van der Waals surface area contributed by atoms with Crippen LogP contribution in [-0.4, -0.2) is 0 Å². The molecule has 2 atom stereocenters. The Labute approximate surface area is 71.4 Å². The molecular formula is C11H22. The average Bonchev–Trinajstić information content (AvgIpc) is 2.31. The maximum atomic E-state index is 2.40. The zero-order valence-electron chi connectivity index (χ0n) is 8.27. The molecule has 0 heterocycles. The Morgan fingerprint density at radius 1 is 1.27 bits per heavy atom. The van der Waals surface area contributed by atoms with E-state index in [4.69, 9.17) is 0 Å². The smallest absolute Gasteiger partial charge is 0.0412 e. The Morgan fingerprint density at radius 3 is 2.45 bits per heavy atom. The molecule has 0 aromatic heterocycles. The minimum Gasteiger partial charge on any atom is -0.0628 e. The van der Waals surface area contributed by atoms with Crippen molar-refractivity contribution < 1.29 is 0 Å². The Kier molecular flexibility index (Phi) is 3.42. The number of hydrogen-bond donors (Lipinski definition) is 0. The first-order chi connectivity index (χ1) is 5.18. The van der Waals surface area contributed by atoms with Crippen LogP contribution in [0.25, 0.3) is 0 Å². The number of rotatable bonds is 3. The predicted octanol–water partition coefficient (Wildman–Crippen LogP) is 3.86. The minimum atomic E-state index is 0.908. The second-order valence-corrected chi connectivity index (χ2v) is 4.76. The van der Waals surface area contributed by atoms with E-state index in [-0.39, 0.29) is 0 Å². The maximum absolute atomic E-state index is 2.40. The third-order valence-electron chi connectivity index (χ3n) is 2.96. The third kappa shape index (κ3) is 3.27. The molecule has 0 amide bonds. The van der Waals surface area contributed by atoms with Gasteiger partial charge in [-0.05, 0) is 24.2 Å². The molecular weight excluding hydrogens is 132 g/mol. The SMILES string of the molecule is CC(C)CCC1CCC(C)C1. The highest BCUT2D eigenvalue weighted by atomic mass is 14.3. The van der Waals surface area contributed by atoms with Crippen LogP contribution in [0.5, 0.6) is 0 Å². The molecule has 11 heavy (non-hydrogen) atoms. The zero-order chi connectivity index (χ0) is 8.27. The Hall–Kier alpha value is 0. The van der Waals surface area contributed by atoms with Gasteiger partial charge in [-0.25, -0.2) is 0 Å². The van der Waals surface area contributed by atoms with Gasteiger partial charge in [0.25, 0.3) is 0 Å². The molecule has 0 aliphatic heterocycles. The van der Waals surface area contributed by atoms with Gasteiger partial charge >= 0.3 is 0 Å². The summed E-state index contributed by atoms with van der Waals surface area (Å²) in [7, 11) is 0. The van der Waals surface area contributed by atoms with Gasteiger partial charge in [0.05, 0.1) is 0 Å². The molecule has 0 N–H and O–H groups in total. The molecule has 0 spiro atoms. The molecule has 1 aliphatic carbocycles. The van der Waals surface area contributed by atoms with Crippen molar-refractivity contribution >= 4 is 0 Å². The lowest BCUT2D eigenvalue weighted by atomic mass is 9.96. The van der Waals surface area contributed by atoms with E-state index in [1.165, 1.54) is 32.1 Å². The average molecular weight is 154 g/mol. The van der Waals surface area contributed by atoms with Crippen LogP contribution in [0.3, 0.4) is 0 Å². The molecule has 0 bridgehead atoms. The van der Waals surface area contributed by atoms with Gasteiger partial charge in [0.15, 0.2) is 0 Å². The van der Waals surface area contributed by atoms with E-state index in [1.807, 2.05) is 0 Å². The first kappa shape index (κ1) is 9.09. The minimum absolute atomic E-state index is 0.908. The Morgan fingerprint density at radius 2 is 2.00 bits per heavy atom. The van der Waals surface area contributed by atoms with E-state index in [9.17, 15) is 0 Å². The van der Waals surface area contributed by atoms with Crippen LogP contribution in [0.1, 0.15) is 52.9 Å². The molecule has 0 radical (unpaired) electrons. The van der Waals surface area contributed by atoms with Crippen molar-refractivity contribution in [3.63, 3.8) is 0 Å². The molecule has 0 aromatic rings.